The Kier molecular flexibility index (Phi) is 5.08. The van der Waals surface area contributed by atoms with E-state index in [1.54, 1.807) is 24.3 Å². The highest BCUT2D eigenvalue weighted by molar-refractivity contribution is 8.01. The number of methoxy groups -OCH3 is 1. The lowest BCUT2D eigenvalue weighted by Crippen LogP contribution is -2.41. The van der Waals surface area contributed by atoms with Crippen molar-refractivity contribution in [2.75, 3.05) is 26.8 Å². The van der Waals surface area contributed by atoms with Gasteiger partial charge in [0.25, 0.3) is 0 Å². The van der Waals surface area contributed by atoms with Gasteiger partial charge < -0.3 is 19.4 Å². The van der Waals surface area contributed by atoms with Crippen molar-refractivity contribution in [3.05, 3.63) is 24.2 Å². The average molecular weight is 298 g/mol. The second kappa shape index (κ2) is 6.81. The number of amides is 2. The van der Waals surface area contributed by atoms with Crippen LogP contribution in [0.3, 0.4) is 0 Å². The molecule has 0 aliphatic carbocycles. The number of hydrogen-bond acceptors (Lipinski definition) is 5. The molecule has 1 saturated heterocycles. The van der Waals surface area contributed by atoms with Crippen molar-refractivity contribution in [1.29, 1.82) is 0 Å². The third kappa shape index (κ3) is 3.34. The summed E-state index contributed by atoms with van der Waals surface area (Å²) in [6, 6.07) is 3.60. The van der Waals surface area contributed by atoms with Gasteiger partial charge in [0.2, 0.25) is 11.8 Å². The van der Waals surface area contributed by atoms with Gasteiger partial charge in [-0.15, -0.1) is 11.8 Å². The topological polar surface area (TPSA) is 71.8 Å². The Morgan fingerprint density at radius 3 is 3.05 bits per heavy atom. The molecule has 1 aliphatic heterocycles. The molecule has 2 atom stereocenters. The Bertz CT molecular complexity index is 463. The maximum Gasteiger partial charge on any atom is 0.239 e. The first-order chi connectivity index (χ1) is 9.63. The summed E-state index contributed by atoms with van der Waals surface area (Å²) in [7, 11) is 1.57. The van der Waals surface area contributed by atoms with E-state index in [2.05, 4.69) is 5.32 Å². The molecule has 0 spiro atoms. The first kappa shape index (κ1) is 14.9. The predicted octanol–water partition coefficient (Wildman–Crippen LogP) is 1.00. The van der Waals surface area contributed by atoms with Gasteiger partial charge in [0.15, 0.2) is 0 Å². The van der Waals surface area contributed by atoms with Crippen LogP contribution >= 0.6 is 11.8 Å². The summed E-state index contributed by atoms with van der Waals surface area (Å²) in [5, 5.41) is 2.31. The largest absolute Gasteiger partial charge is 0.466 e. The molecule has 0 aromatic carbocycles. The van der Waals surface area contributed by atoms with E-state index >= 15 is 0 Å². The lowest BCUT2D eigenvalue weighted by molar-refractivity contribution is -0.135. The Hall–Kier alpha value is -1.47. The van der Waals surface area contributed by atoms with E-state index < -0.39 is 0 Å². The minimum absolute atomic E-state index is 0.0330. The molecule has 1 N–H and O–H groups in total. The molecular weight excluding hydrogens is 280 g/mol. The van der Waals surface area contributed by atoms with E-state index in [0.717, 1.165) is 0 Å². The quantitative estimate of drug-likeness (QED) is 0.793. The lowest BCUT2D eigenvalue weighted by atomic mass is 10.3. The molecule has 0 bridgehead atoms. The molecule has 110 valence electrons. The Morgan fingerprint density at radius 2 is 2.40 bits per heavy atom. The molecule has 1 fully saturated rings. The minimum atomic E-state index is -0.235. The van der Waals surface area contributed by atoms with Crippen LogP contribution in [-0.2, 0) is 14.3 Å². The monoisotopic (exact) mass is 298 g/mol. The average Bonchev–Trinajstić information content (AvgIpc) is 3.03. The van der Waals surface area contributed by atoms with Crippen molar-refractivity contribution in [3.63, 3.8) is 0 Å². The van der Waals surface area contributed by atoms with Crippen molar-refractivity contribution >= 4 is 23.6 Å². The molecule has 0 radical (unpaired) electrons. The Labute approximate surface area is 121 Å². The molecule has 2 heterocycles. The van der Waals surface area contributed by atoms with Crippen LogP contribution in [0.15, 0.2) is 22.8 Å². The van der Waals surface area contributed by atoms with Crippen LogP contribution in [0, 0.1) is 0 Å². The van der Waals surface area contributed by atoms with Gasteiger partial charge in [0.1, 0.15) is 17.7 Å². The third-order valence-corrected chi connectivity index (χ3v) is 4.33. The second-order valence-electron chi connectivity index (χ2n) is 4.45. The van der Waals surface area contributed by atoms with Crippen molar-refractivity contribution in [1.82, 2.24) is 10.2 Å². The first-order valence-electron chi connectivity index (χ1n) is 6.38. The van der Waals surface area contributed by atoms with Crippen molar-refractivity contribution in [2.45, 2.75) is 17.5 Å². The molecule has 2 rings (SSSR count). The maximum absolute atomic E-state index is 12.1. The van der Waals surface area contributed by atoms with E-state index in [4.69, 9.17) is 9.15 Å². The smallest absolute Gasteiger partial charge is 0.239 e. The molecule has 2 amide bonds. The Balaban J connectivity index is 1.99. The molecule has 1 aromatic heterocycles. The van der Waals surface area contributed by atoms with E-state index in [1.807, 2.05) is 13.0 Å². The van der Waals surface area contributed by atoms with Gasteiger partial charge in [-0.05, 0) is 19.1 Å². The van der Waals surface area contributed by atoms with Crippen LogP contribution in [0.2, 0.25) is 0 Å². The van der Waals surface area contributed by atoms with Crippen LogP contribution in [0.25, 0.3) is 0 Å². The molecular formula is C13H18N2O4S. The molecule has 20 heavy (non-hydrogen) atoms. The van der Waals surface area contributed by atoms with Gasteiger partial charge in [-0.2, -0.15) is 0 Å². The van der Waals surface area contributed by atoms with Crippen LogP contribution in [0.4, 0.5) is 0 Å². The van der Waals surface area contributed by atoms with Crippen molar-refractivity contribution < 1.29 is 18.7 Å². The third-order valence-electron chi connectivity index (χ3n) is 2.98. The highest BCUT2D eigenvalue weighted by Crippen LogP contribution is 2.42. The number of hydrogen-bond donors (Lipinski definition) is 1. The summed E-state index contributed by atoms with van der Waals surface area (Å²) >= 11 is 1.49. The molecule has 2 unspecified atom stereocenters. The zero-order valence-electron chi connectivity index (χ0n) is 11.5. The van der Waals surface area contributed by atoms with Crippen molar-refractivity contribution in [2.24, 2.45) is 0 Å². The number of rotatable bonds is 6. The van der Waals surface area contributed by atoms with Gasteiger partial charge in [0, 0.05) is 13.7 Å². The molecule has 1 aromatic rings. The summed E-state index contributed by atoms with van der Waals surface area (Å²) in [6.07, 6.45) is 1.57. The van der Waals surface area contributed by atoms with Gasteiger partial charge in [-0.3, -0.25) is 9.59 Å². The zero-order chi connectivity index (χ0) is 14.5. The van der Waals surface area contributed by atoms with Crippen LogP contribution in [0.1, 0.15) is 18.1 Å². The second-order valence-corrected chi connectivity index (χ2v) is 5.88. The number of carbonyl (C=O) groups excluding carboxylic acids is 2. The number of nitrogens with one attached hydrogen (secondary N) is 1. The highest BCUT2D eigenvalue weighted by atomic mass is 32.2. The molecule has 0 saturated carbocycles. The van der Waals surface area contributed by atoms with Crippen LogP contribution in [0.5, 0.6) is 0 Å². The van der Waals surface area contributed by atoms with E-state index in [9.17, 15) is 9.59 Å². The van der Waals surface area contributed by atoms with Gasteiger partial charge in [-0.25, -0.2) is 0 Å². The highest BCUT2D eigenvalue weighted by Gasteiger charge is 2.40. The number of carbonyl (C=O) groups is 2. The Morgan fingerprint density at radius 1 is 1.60 bits per heavy atom. The van der Waals surface area contributed by atoms with Gasteiger partial charge in [0.05, 0.1) is 18.1 Å². The molecule has 6 nitrogen and oxygen atoms in total. The number of furan rings is 1. The first-order valence-corrected chi connectivity index (χ1v) is 7.32. The molecule has 7 heteroatoms. The van der Waals surface area contributed by atoms with Crippen LogP contribution in [-0.4, -0.2) is 48.8 Å². The summed E-state index contributed by atoms with van der Waals surface area (Å²) in [5.41, 5.74) is 0. The number of thioether (sulfide) groups is 1. The predicted molar refractivity (Wildman–Crippen MR) is 75.1 cm³/mol. The molecule has 1 aliphatic rings. The number of ether oxygens (including phenoxy) is 1. The fraction of sp³-hybridized carbons (Fsp3) is 0.538. The van der Waals surface area contributed by atoms with E-state index in [0.29, 0.717) is 18.9 Å². The SMILES string of the molecule is COCCNC(=O)CN1C(=O)C(C)SC1c1ccco1. The lowest BCUT2D eigenvalue weighted by Gasteiger charge is -2.21. The van der Waals surface area contributed by atoms with E-state index in [-0.39, 0.29) is 29.0 Å². The standard InChI is InChI=1S/C13H18N2O4S/c1-9-12(17)15(8-11(16)14-5-7-18-2)13(20-9)10-4-3-6-19-10/h3-4,6,9,13H,5,7-8H2,1-2H3,(H,14,16). The zero-order valence-corrected chi connectivity index (χ0v) is 12.3. The van der Waals surface area contributed by atoms with Crippen LogP contribution < -0.4 is 5.32 Å². The number of nitrogens with zero attached hydrogens (tertiary/aromatic N) is 1. The maximum atomic E-state index is 12.1. The summed E-state index contributed by atoms with van der Waals surface area (Å²) in [4.78, 5) is 25.5. The van der Waals surface area contributed by atoms with Gasteiger partial charge in [-0.1, -0.05) is 0 Å². The summed E-state index contributed by atoms with van der Waals surface area (Å²) in [5.74, 6) is 0.456. The fourth-order valence-electron chi connectivity index (χ4n) is 1.99. The normalized spacial score (nSPS) is 22.3. The minimum Gasteiger partial charge on any atom is -0.466 e. The van der Waals surface area contributed by atoms with E-state index in [1.165, 1.54) is 11.8 Å². The fourth-order valence-corrected chi connectivity index (χ4v) is 3.22. The van der Waals surface area contributed by atoms with Crippen molar-refractivity contribution in [3.8, 4) is 0 Å². The van der Waals surface area contributed by atoms with Gasteiger partial charge >= 0.3 is 0 Å². The summed E-state index contributed by atoms with van der Waals surface area (Å²) in [6.45, 7) is 2.76. The summed E-state index contributed by atoms with van der Waals surface area (Å²) < 4.78 is 10.2.